The first kappa shape index (κ1) is 14.4. The van der Waals surface area contributed by atoms with Crippen LogP contribution in [0.2, 0.25) is 0 Å². The fraction of sp³-hybridized carbons (Fsp3) is 0.571. The number of benzene rings is 1. The lowest BCUT2D eigenvalue weighted by atomic mass is 10.1. The summed E-state index contributed by atoms with van der Waals surface area (Å²) in [5.41, 5.74) is 0.395. The molecule has 0 amide bonds. The van der Waals surface area contributed by atoms with Gasteiger partial charge in [0, 0.05) is 19.1 Å². The Morgan fingerprint density at radius 1 is 1.42 bits per heavy atom. The maximum atomic E-state index is 13.0. The van der Waals surface area contributed by atoms with Crippen molar-refractivity contribution in [3.05, 3.63) is 35.4 Å². The predicted molar refractivity (Wildman–Crippen MR) is 69.8 cm³/mol. The second-order valence-electron chi connectivity index (χ2n) is 5.12. The van der Waals surface area contributed by atoms with E-state index in [1.807, 2.05) is 0 Å². The molecule has 106 valence electrons. The van der Waals surface area contributed by atoms with Gasteiger partial charge in [-0.05, 0) is 44.1 Å². The summed E-state index contributed by atoms with van der Waals surface area (Å²) < 4.78 is 25.8. The van der Waals surface area contributed by atoms with E-state index in [-0.39, 0.29) is 0 Å². The SMILES string of the molecule is CN1CCCC1CNCC(O)c1ccc(F)c(F)c1. The molecule has 0 bridgehead atoms. The Morgan fingerprint density at radius 2 is 2.21 bits per heavy atom. The summed E-state index contributed by atoms with van der Waals surface area (Å²) in [6.07, 6.45) is 1.54. The Labute approximate surface area is 112 Å². The van der Waals surface area contributed by atoms with Crippen LogP contribution in [0.25, 0.3) is 0 Å². The van der Waals surface area contributed by atoms with Gasteiger partial charge in [-0.1, -0.05) is 6.07 Å². The van der Waals surface area contributed by atoms with E-state index >= 15 is 0 Å². The van der Waals surface area contributed by atoms with E-state index < -0.39 is 17.7 Å². The highest BCUT2D eigenvalue weighted by Gasteiger charge is 2.20. The quantitative estimate of drug-likeness (QED) is 0.854. The third-order valence-electron chi connectivity index (χ3n) is 3.72. The van der Waals surface area contributed by atoms with E-state index in [9.17, 15) is 13.9 Å². The van der Waals surface area contributed by atoms with Gasteiger partial charge in [0.25, 0.3) is 0 Å². The normalized spacial score (nSPS) is 21.8. The molecule has 1 saturated heterocycles. The highest BCUT2D eigenvalue weighted by Crippen LogP contribution is 2.17. The molecule has 5 heteroatoms. The van der Waals surface area contributed by atoms with Crippen LogP contribution >= 0.6 is 0 Å². The fourth-order valence-electron chi connectivity index (χ4n) is 2.46. The van der Waals surface area contributed by atoms with Crippen LogP contribution in [0, 0.1) is 11.6 Å². The van der Waals surface area contributed by atoms with E-state index in [0.717, 1.165) is 31.6 Å². The van der Waals surface area contributed by atoms with Gasteiger partial charge in [0.15, 0.2) is 11.6 Å². The molecule has 0 spiro atoms. The van der Waals surface area contributed by atoms with Crippen molar-refractivity contribution in [3.8, 4) is 0 Å². The molecule has 1 aliphatic heterocycles. The molecule has 1 aromatic carbocycles. The van der Waals surface area contributed by atoms with Crippen molar-refractivity contribution in [2.24, 2.45) is 0 Å². The number of nitrogens with zero attached hydrogens (tertiary/aromatic N) is 1. The van der Waals surface area contributed by atoms with E-state index in [1.54, 1.807) is 0 Å². The molecule has 2 rings (SSSR count). The van der Waals surface area contributed by atoms with Crippen LogP contribution in [0.5, 0.6) is 0 Å². The monoisotopic (exact) mass is 270 g/mol. The van der Waals surface area contributed by atoms with Crippen LogP contribution in [-0.4, -0.2) is 42.7 Å². The second-order valence-corrected chi connectivity index (χ2v) is 5.12. The molecule has 2 atom stereocenters. The van der Waals surface area contributed by atoms with Crippen LogP contribution in [0.4, 0.5) is 8.78 Å². The van der Waals surface area contributed by atoms with E-state index in [0.29, 0.717) is 18.2 Å². The molecule has 0 aromatic heterocycles. The largest absolute Gasteiger partial charge is 0.387 e. The van der Waals surface area contributed by atoms with Gasteiger partial charge in [-0.2, -0.15) is 0 Å². The lowest BCUT2D eigenvalue weighted by molar-refractivity contribution is 0.169. The minimum absolute atomic E-state index is 0.343. The zero-order chi connectivity index (χ0) is 13.8. The lowest BCUT2D eigenvalue weighted by Crippen LogP contribution is -2.37. The number of rotatable bonds is 5. The molecule has 19 heavy (non-hydrogen) atoms. The van der Waals surface area contributed by atoms with E-state index in [1.165, 1.54) is 12.5 Å². The first-order valence-corrected chi connectivity index (χ1v) is 6.62. The zero-order valence-electron chi connectivity index (χ0n) is 11.1. The summed E-state index contributed by atoms with van der Waals surface area (Å²) in [6.45, 7) is 2.25. The summed E-state index contributed by atoms with van der Waals surface area (Å²) in [5, 5.41) is 13.1. The first-order valence-electron chi connectivity index (χ1n) is 6.62. The Hall–Kier alpha value is -1.04. The summed E-state index contributed by atoms with van der Waals surface area (Å²) in [4.78, 5) is 2.29. The van der Waals surface area contributed by atoms with Crippen molar-refractivity contribution in [2.75, 3.05) is 26.7 Å². The Morgan fingerprint density at radius 3 is 2.84 bits per heavy atom. The van der Waals surface area contributed by atoms with Crippen molar-refractivity contribution in [1.29, 1.82) is 0 Å². The third-order valence-corrected chi connectivity index (χ3v) is 3.72. The van der Waals surface area contributed by atoms with Crippen molar-refractivity contribution >= 4 is 0 Å². The van der Waals surface area contributed by atoms with Gasteiger partial charge in [-0.15, -0.1) is 0 Å². The molecule has 2 unspecified atom stereocenters. The van der Waals surface area contributed by atoms with Gasteiger partial charge >= 0.3 is 0 Å². The van der Waals surface area contributed by atoms with Gasteiger partial charge in [-0.25, -0.2) is 8.78 Å². The number of halogens is 2. The molecule has 0 saturated carbocycles. The Bertz CT molecular complexity index is 428. The molecule has 1 heterocycles. The fourth-order valence-corrected chi connectivity index (χ4v) is 2.46. The average Bonchev–Trinajstić information content (AvgIpc) is 2.78. The van der Waals surface area contributed by atoms with Crippen molar-refractivity contribution in [1.82, 2.24) is 10.2 Å². The van der Waals surface area contributed by atoms with Crippen LogP contribution in [0.3, 0.4) is 0 Å². The first-order chi connectivity index (χ1) is 9.08. The molecule has 2 N–H and O–H groups in total. The second kappa shape index (κ2) is 6.41. The summed E-state index contributed by atoms with van der Waals surface area (Å²) in [6, 6.07) is 3.99. The molecular formula is C14H20F2N2O. The van der Waals surface area contributed by atoms with E-state index in [2.05, 4.69) is 17.3 Å². The van der Waals surface area contributed by atoms with Gasteiger partial charge < -0.3 is 15.3 Å². The van der Waals surface area contributed by atoms with Crippen LogP contribution < -0.4 is 5.32 Å². The van der Waals surface area contributed by atoms with Gasteiger partial charge in [0.05, 0.1) is 6.10 Å². The van der Waals surface area contributed by atoms with Crippen LogP contribution in [-0.2, 0) is 0 Å². The van der Waals surface area contributed by atoms with Crippen molar-refractivity contribution in [3.63, 3.8) is 0 Å². The van der Waals surface area contributed by atoms with Gasteiger partial charge in [0.2, 0.25) is 0 Å². The van der Waals surface area contributed by atoms with Gasteiger partial charge in [0.1, 0.15) is 0 Å². The summed E-state index contributed by atoms with van der Waals surface area (Å²) in [7, 11) is 2.09. The maximum Gasteiger partial charge on any atom is 0.159 e. The van der Waals surface area contributed by atoms with Gasteiger partial charge in [-0.3, -0.25) is 0 Å². The molecule has 1 aromatic rings. The van der Waals surface area contributed by atoms with Crippen molar-refractivity contribution in [2.45, 2.75) is 25.0 Å². The molecule has 3 nitrogen and oxygen atoms in total. The summed E-state index contributed by atoms with van der Waals surface area (Å²) >= 11 is 0. The molecule has 0 radical (unpaired) electrons. The molecular weight excluding hydrogens is 250 g/mol. The van der Waals surface area contributed by atoms with Crippen LogP contribution in [0.15, 0.2) is 18.2 Å². The smallest absolute Gasteiger partial charge is 0.159 e. The average molecular weight is 270 g/mol. The number of hydrogen-bond acceptors (Lipinski definition) is 3. The maximum absolute atomic E-state index is 13.0. The molecule has 1 fully saturated rings. The topological polar surface area (TPSA) is 35.5 Å². The van der Waals surface area contributed by atoms with Crippen LogP contribution in [0.1, 0.15) is 24.5 Å². The number of likely N-dealkylation sites (tertiary alicyclic amines) is 1. The zero-order valence-corrected chi connectivity index (χ0v) is 11.1. The molecule has 1 aliphatic rings. The number of likely N-dealkylation sites (N-methyl/N-ethyl adjacent to an activating group) is 1. The minimum atomic E-state index is -0.924. The standard InChI is InChI=1S/C14H20F2N2O/c1-18-6-2-3-11(18)8-17-9-14(19)10-4-5-12(15)13(16)7-10/h4-5,7,11,14,17,19H,2-3,6,8-9H2,1H3. The highest BCUT2D eigenvalue weighted by atomic mass is 19.2. The highest BCUT2D eigenvalue weighted by molar-refractivity contribution is 5.20. The molecule has 0 aliphatic carbocycles. The number of aliphatic hydroxyl groups excluding tert-OH is 1. The van der Waals surface area contributed by atoms with Crippen molar-refractivity contribution < 1.29 is 13.9 Å². The Kier molecular flexibility index (Phi) is 4.85. The third kappa shape index (κ3) is 3.72. The number of aliphatic hydroxyl groups is 1. The van der Waals surface area contributed by atoms with E-state index in [4.69, 9.17) is 0 Å². The predicted octanol–water partition coefficient (Wildman–Crippen LogP) is 1.68. The number of hydrogen-bond donors (Lipinski definition) is 2. The number of nitrogens with one attached hydrogen (secondary N) is 1. The summed E-state index contributed by atoms with van der Waals surface area (Å²) in [5.74, 6) is -1.82. The Balaban J connectivity index is 1.80. The lowest BCUT2D eigenvalue weighted by Gasteiger charge is -2.21. The minimum Gasteiger partial charge on any atom is -0.387 e.